The van der Waals surface area contributed by atoms with Crippen molar-refractivity contribution in [2.45, 2.75) is 16.7 Å². The van der Waals surface area contributed by atoms with Crippen molar-refractivity contribution in [3.8, 4) is 22.8 Å². The van der Waals surface area contributed by atoms with Crippen LogP contribution in [0.5, 0.6) is 0 Å². The zero-order valence-corrected chi connectivity index (χ0v) is 17.6. The molecule has 0 saturated heterocycles. The fourth-order valence-corrected chi connectivity index (χ4v) is 4.76. The summed E-state index contributed by atoms with van der Waals surface area (Å²) in [6.45, 7) is 2.56. The van der Waals surface area contributed by atoms with E-state index in [1.807, 2.05) is 61.5 Å². The zero-order chi connectivity index (χ0) is 20.7. The van der Waals surface area contributed by atoms with E-state index in [0.717, 1.165) is 26.6 Å². The molecule has 30 heavy (non-hydrogen) atoms. The Labute approximate surface area is 182 Å². The molecule has 1 aliphatic heterocycles. The van der Waals surface area contributed by atoms with E-state index < -0.39 is 0 Å². The summed E-state index contributed by atoms with van der Waals surface area (Å²) in [7, 11) is 0. The maximum atomic E-state index is 13.0. The first-order chi connectivity index (χ1) is 14.6. The first-order valence-corrected chi connectivity index (χ1v) is 10.7. The summed E-state index contributed by atoms with van der Waals surface area (Å²) in [6.07, 6.45) is 0. The van der Waals surface area contributed by atoms with Gasteiger partial charge in [-0.1, -0.05) is 46.7 Å². The van der Waals surface area contributed by atoms with Gasteiger partial charge in [0.2, 0.25) is 5.82 Å². The number of nitrogens with zero attached hydrogens (tertiary/aromatic N) is 3. The molecule has 0 saturated carbocycles. The van der Waals surface area contributed by atoms with Crippen molar-refractivity contribution in [3.05, 3.63) is 77.3 Å². The number of benzene rings is 3. The van der Waals surface area contributed by atoms with Crippen LogP contribution in [-0.2, 0) is 0 Å². The molecule has 2 heterocycles. The summed E-state index contributed by atoms with van der Waals surface area (Å²) in [4.78, 5) is 21.3. The predicted octanol–water partition coefficient (Wildman–Crippen LogP) is 6.19. The maximum Gasteiger partial charge on any atom is 0.259 e. The molecule has 1 aliphatic rings. The normalized spacial score (nSPS) is 13.0. The number of amides is 1. The summed E-state index contributed by atoms with van der Waals surface area (Å²) >= 11 is 7.64. The average Bonchev–Trinajstić information content (AvgIpc) is 3.22. The van der Waals surface area contributed by atoms with Gasteiger partial charge >= 0.3 is 0 Å². The molecule has 0 aliphatic carbocycles. The quantitative estimate of drug-likeness (QED) is 0.385. The van der Waals surface area contributed by atoms with Gasteiger partial charge in [-0.2, -0.15) is 4.98 Å². The minimum Gasteiger partial charge on any atom is -0.334 e. The lowest BCUT2D eigenvalue weighted by molar-refractivity contribution is 0.0985. The van der Waals surface area contributed by atoms with Crippen LogP contribution in [0.25, 0.3) is 22.8 Å². The van der Waals surface area contributed by atoms with Crippen molar-refractivity contribution in [2.75, 3.05) is 11.4 Å². The summed E-state index contributed by atoms with van der Waals surface area (Å²) in [6, 6.07) is 20.8. The zero-order valence-electron chi connectivity index (χ0n) is 16.0. The van der Waals surface area contributed by atoms with E-state index in [1.165, 1.54) is 0 Å². The van der Waals surface area contributed by atoms with Crippen LogP contribution in [0.15, 0.2) is 81.0 Å². The topological polar surface area (TPSA) is 59.2 Å². The Balaban J connectivity index is 1.57. The molecule has 0 atom stereocenters. The van der Waals surface area contributed by atoms with Gasteiger partial charge in [0.05, 0.1) is 11.3 Å². The Bertz CT molecular complexity index is 1270. The minimum absolute atomic E-state index is 0.00917. The highest BCUT2D eigenvalue weighted by Crippen LogP contribution is 2.42. The molecule has 0 unspecified atom stereocenters. The highest BCUT2D eigenvalue weighted by molar-refractivity contribution is 7.99. The van der Waals surface area contributed by atoms with Gasteiger partial charge < -0.3 is 9.42 Å². The van der Waals surface area contributed by atoms with Crippen LogP contribution >= 0.6 is 23.4 Å². The third kappa shape index (κ3) is 3.28. The summed E-state index contributed by atoms with van der Waals surface area (Å²) in [5.41, 5.74) is 3.18. The van der Waals surface area contributed by atoms with Crippen molar-refractivity contribution >= 4 is 35.0 Å². The van der Waals surface area contributed by atoms with Gasteiger partial charge in [0.15, 0.2) is 0 Å². The van der Waals surface area contributed by atoms with Gasteiger partial charge in [0.1, 0.15) is 0 Å². The van der Waals surface area contributed by atoms with Crippen molar-refractivity contribution in [2.24, 2.45) is 0 Å². The molecule has 0 radical (unpaired) electrons. The largest absolute Gasteiger partial charge is 0.334 e. The standard InChI is InChI=1S/C23H16ClN3O2S/c1-2-27-18-11-10-14(13-20(18)30-19-9-4-3-8-17(19)23(27)28)21-25-22(29-26-21)15-6-5-7-16(24)12-15/h3-13H,2H2,1H3. The van der Waals surface area contributed by atoms with Crippen LogP contribution in [0.2, 0.25) is 5.02 Å². The monoisotopic (exact) mass is 433 g/mol. The average molecular weight is 434 g/mol. The van der Waals surface area contributed by atoms with Gasteiger partial charge in [0.25, 0.3) is 11.8 Å². The minimum atomic E-state index is 0.00917. The van der Waals surface area contributed by atoms with Crippen molar-refractivity contribution in [1.29, 1.82) is 0 Å². The Kier molecular flexibility index (Phi) is 4.81. The summed E-state index contributed by atoms with van der Waals surface area (Å²) in [5, 5.41) is 4.75. The molecular weight excluding hydrogens is 418 g/mol. The van der Waals surface area contributed by atoms with E-state index in [2.05, 4.69) is 10.1 Å². The number of carbonyl (C=O) groups excluding carboxylic acids is 1. The molecule has 7 heteroatoms. The number of rotatable bonds is 3. The van der Waals surface area contributed by atoms with Crippen molar-refractivity contribution in [1.82, 2.24) is 10.1 Å². The smallest absolute Gasteiger partial charge is 0.259 e. The number of hydrogen-bond acceptors (Lipinski definition) is 5. The number of carbonyl (C=O) groups is 1. The van der Waals surface area contributed by atoms with E-state index in [-0.39, 0.29) is 5.91 Å². The molecule has 5 nitrogen and oxygen atoms in total. The van der Waals surface area contributed by atoms with E-state index in [4.69, 9.17) is 16.1 Å². The van der Waals surface area contributed by atoms with Crippen LogP contribution in [0.3, 0.4) is 0 Å². The van der Waals surface area contributed by atoms with E-state index in [1.54, 1.807) is 28.8 Å². The number of aromatic nitrogens is 2. The SMILES string of the molecule is CCN1C(=O)c2ccccc2Sc2cc(-c3noc(-c4cccc(Cl)c4)n3)ccc21. The Hall–Kier alpha value is -3.09. The second kappa shape index (κ2) is 7.63. The summed E-state index contributed by atoms with van der Waals surface area (Å²) in [5.74, 6) is 0.904. The van der Waals surface area contributed by atoms with Gasteiger partial charge in [-0.25, -0.2) is 0 Å². The molecule has 1 aromatic heterocycles. The molecule has 3 aromatic carbocycles. The van der Waals surface area contributed by atoms with Crippen LogP contribution in [0.1, 0.15) is 17.3 Å². The van der Waals surface area contributed by atoms with Crippen LogP contribution in [0.4, 0.5) is 5.69 Å². The number of fused-ring (bicyclic) bond motifs is 2. The number of halogens is 1. The van der Waals surface area contributed by atoms with Crippen LogP contribution in [0, 0.1) is 0 Å². The van der Waals surface area contributed by atoms with E-state index in [9.17, 15) is 4.79 Å². The molecular formula is C23H16ClN3O2S. The fraction of sp³-hybridized carbons (Fsp3) is 0.0870. The molecule has 0 spiro atoms. The lowest BCUT2D eigenvalue weighted by Gasteiger charge is -2.21. The summed E-state index contributed by atoms with van der Waals surface area (Å²) < 4.78 is 5.45. The third-order valence-electron chi connectivity index (χ3n) is 4.91. The Morgan fingerprint density at radius 1 is 1.00 bits per heavy atom. The lowest BCUT2D eigenvalue weighted by Crippen LogP contribution is -2.30. The predicted molar refractivity (Wildman–Crippen MR) is 118 cm³/mol. The van der Waals surface area contributed by atoms with Crippen molar-refractivity contribution < 1.29 is 9.32 Å². The Morgan fingerprint density at radius 2 is 1.87 bits per heavy atom. The highest BCUT2D eigenvalue weighted by atomic mass is 35.5. The third-order valence-corrected chi connectivity index (χ3v) is 6.26. The number of anilines is 1. The second-order valence-electron chi connectivity index (χ2n) is 6.76. The van der Waals surface area contributed by atoms with Gasteiger partial charge in [-0.3, -0.25) is 4.79 Å². The molecule has 0 fully saturated rings. The Morgan fingerprint density at radius 3 is 2.70 bits per heavy atom. The van der Waals surface area contributed by atoms with Gasteiger partial charge in [0, 0.05) is 32.5 Å². The highest BCUT2D eigenvalue weighted by Gasteiger charge is 2.26. The number of hydrogen-bond donors (Lipinski definition) is 0. The lowest BCUT2D eigenvalue weighted by atomic mass is 10.1. The molecule has 0 bridgehead atoms. The first kappa shape index (κ1) is 18.9. The second-order valence-corrected chi connectivity index (χ2v) is 8.28. The molecule has 4 aromatic rings. The van der Waals surface area contributed by atoms with Crippen LogP contribution < -0.4 is 4.90 Å². The van der Waals surface area contributed by atoms with Gasteiger partial charge in [-0.05, 0) is 55.5 Å². The maximum absolute atomic E-state index is 13.0. The van der Waals surface area contributed by atoms with E-state index >= 15 is 0 Å². The fourth-order valence-electron chi connectivity index (χ4n) is 3.46. The molecule has 1 amide bonds. The molecule has 148 valence electrons. The molecule has 0 N–H and O–H groups in total. The van der Waals surface area contributed by atoms with Gasteiger partial charge in [-0.15, -0.1) is 0 Å². The van der Waals surface area contributed by atoms with Crippen molar-refractivity contribution in [3.63, 3.8) is 0 Å². The first-order valence-electron chi connectivity index (χ1n) is 9.47. The van der Waals surface area contributed by atoms with E-state index in [0.29, 0.717) is 28.8 Å². The molecule has 5 rings (SSSR count). The van der Waals surface area contributed by atoms with Crippen LogP contribution in [-0.4, -0.2) is 22.6 Å².